The lowest BCUT2D eigenvalue weighted by Gasteiger charge is -2.31. The first-order valence-electron chi connectivity index (χ1n) is 5.78. The summed E-state index contributed by atoms with van der Waals surface area (Å²) < 4.78 is 10.8. The summed E-state index contributed by atoms with van der Waals surface area (Å²) in [5, 5.41) is 10.9. The van der Waals surface area contributed by atoms with Gasteiger partial charge in [-0.3, -0.25) is 4.79 Å². The number of amides is 1. The van der Waals surface area contributed by atoms with E-state index in [9.17, 15) is 4.79 Å². The summed E-state index contributed by atoms with van der Waals surface area (Å²) in [6.07, 6.45) is 0. The van der Waals surface area contributed by atoms with Gasteiger partial charge in [0.25, 0.3) is 0 Å². The topological polar surface area (TPSA) is 107 Å². The van der Waals surface area contributed by atoms with E-state index in [1.807, 2.05) is 6.92 Å². The molecule has 1 aromatic heterocycles. The largest absolute Gasteiger partial charge is 0.406 e. The van der Waals surface area contributed by atoms with Gasteiger partial charge in [-0.2, -0.15) is 0 Å². The second-order valence-electron chi connectivity index (χ2n) is 4.12. The number of morpholine rings is 1. The fraction of sp³-hybridized carbons (Fsp3) is 0.700. The van der Waals surface area contributed by atoms with Crippen LogP contribution >= 0.6 is 0 Å². The molecule has 0 aliphatic carbocycles. The highest BCUT2D eigenvalue weighted by Gasteiger charge is 2.31. The molecule has 2 heterocycles. The molecule has 2 unspecified atom stereocenters. The minimum absolute atomic E-state index is 0.0423. The van der Waals surface area contributed by atoms with Crippen molar-refractivity contribution < 1.29 is 13.9 Å². The van der Waals surface area contributed by atoms with Crippen molar-refractivity contribution in [1.82, 2.24) is 15.5 Å². The van der Waals surface area contributed by atoms with Crippen molar-refractivity contribution >= 4 is 11.9 Å². The first-order chi connectivity index (χ1) is 8.63. The molecule has 100 valence electrons. The van der Waals surface area contributed by atoms with E-state index in [1.165, 1.54) is 0 Å². The summed E-state index contributed by atoms with van der Waals surface area (Å²) >= 11 is 0. The zero-order valence-corrected chi connectivity index (χ0v) is 10.4. The molecule has 8 nitrogen and oxygen atoms in total. The molecule has 1 aromatic rings. The Morgan fingerprint density at radius 3 is 3.06 bits per heavy atom. The van der Waals surface area contributed by atoms with Crippen molar-refractivity contribution in [2.75, 3.05) is 31.7 Å². The Morgan fingerprint density at radius 1 is 1.61 bits per heavy atom. The van der Waals surface area contributed by atoms with Gasteiger partial charge in [0.05, 0.1) is 19.3 Å². The molecule has 3 N–H and O–H groups in total. The average molecular weight is 255 g/mol. The minimum Gasteiger partial charge on any atom is -0.406 e. The van der Waals surface area contributed by atoms with Crippen LogP contribution in [0.25, 0.3) is 0 Å². The van der Waals surface area contributed by atoms with E-state index in [4.69, 9.17) is 14.9 Å². The number of anilines is 1. The zero-order chi connectivity index (χ0) is 13.1. The Balaban J connectivity index is 2.18. The van der Waals surface area contributed by atoms with Gasteiger partial charge in [0.1, 0.15) is 6.04 Å². The van der Waals surface area contributed by atoms with Crippen LogP contribution in [0.1, 0.15) is 18.9 Å². The Kier molecular flexibility index (Phi) is 3.78. The zero-order valence-electron chi connectivity index (χ0n) is 10.4. The van der Waals surface area contributed by atoms with Crippen molar-refractivity contribution in [2.24, 2.45) is 5.73 Å². The third-order valence-corrected chi connectivity index (χ3v) is 2.94. The van der Waals surface area contributed by atoms with Crippen molar-refractivity contribution in [1.29, 1.82) is 0 Å². The quantitative estimate of drug-likeness (QED) is 0.713. The molecule has 0 radical (unpaired) electrons. The van der Waals surface area contributed by atoms with Crippen LogP contribution in [0.15, 0.2) is 4.42 Å². The first kappa shape index (κ1) is 12.8. The number of carbonyl (C=O) groups is 1. The maximum atomic E-state index is 11.3. The van der Waals surface area contributed by atoms with Crippen LogP contribution in [0.5, 0.6) is 0 Å². The fourth-order valence-electron chi connectivity index (χ4n) is 1.71. The molecule has 1 fully saturated rings. The highest BCUT2D eigenvalue weighted by Crippen LogP contribution is 2.20. The van der Waals surface area contributed by atoms with Gasteiger partial charge in [-0.05, 0) is 14.0 Å². The number of hydrogen-bond acceptors (Lipinski definition) is 7. The lowest BCUT2D eigenvalue weighted by atomic mass is 10.2. The number of rotatable bonds is 4. The first-order valence-corrected chi connectivity index (χ1v) is 5.78. The highest BCUT2D eigenvalue weighted by molar-refractivity contribution is 5.83. The average Bonchev–Trinajstić information content (AvgIpc) is 2.87. The molecule has 18 heavy (non-hydrogen) atoms. The van der Waals surface area contributed by atoms with E-state index in [0.717, 1.165) is 0 Å². The van der Waals surface area contributed by atoms with Gasteiger partial charge in [-0.15, -0.1) is 5.10 Å². The number of nitrogens with zero attached hydrogens (tertiary/aromatic N) is 3. The third-order valence-electron chi connectivity index (χ3n) is 2.94. The lowest BCUT2D eigenvalue weighted by molar-refractivity contribution is -0.121. The summed E-state index contributed by atoms with van der Waals surface area (Å²) in [5.74, 6) is 0.0123. The van der Waals surface area contributed by atoms with Gasteiger partial charge < -0.3 is 25.1 Å². The summed E-state index contributed by atoms with van der Waals surface area (Å²) in [4.78, 5) is 13.0. The fourth-order valence-corrected chi connectivity index (χ4v) is 1.71. The van der Waals surface area contributed by atoms with E-state index < -0.39 is 11.9 Å². The molecule has 0 bridgehead atoms. The van der Waals surface area contributed by atoms with Gasteiger partial charge in [0.2, 0.25) is 11.8 Å². The molecule has 1 aliphatic heterocycles. The molecule has 8 heteroatoms. The standard InChI is InChI=1S/C10H17N5O3/c1-6(12-2)9-13-14-10(18-9)15-3-4-17-5-7(15)8(11)16/h6-7,12H,3-5H2,1-2H3,(H2,11,16). The monoisotopic (exact) mass is 255 g/mol. The van der Waals surface area contributed by atoms with Gasteiger partial charge in [-0.25, -0.2) is 0 Å². The van der Waals surface area contributed by atoms with Crippen LogP contribution in [-0.4, -0.2) is 49.0 Å². The number of ether oxygens (including phenoxy) is 1. The molecule has 2 rings (SSSR count). The smallest absolute Gasteiger partial charge is 0.319 e. The molecule has 0 aromatic carbocycles. The van der Waals surface area contributed by atoms with E-state index in [-0.39, 0.29) is 12.6 Å². The molecule has 1 aliphatic rings. The van der Waals surface area contributed by atoms with Crippen LogP contribution in [0.4, 0.5) is 6.01 Å². The predicted molar refractivity (Wildman–Crippen MR) is 62.9 cm³/mol. The normalized spacial score (nSPS) is 21.9. The predicted octanol–water partition coefficient (Wildman–Crippen LogP) is -0.959. The van der Waals surface area contributed by atoms with Gasteiger partial charge in [0.15, 0.2) is 0 Å². The van der Waals surface area contributed by atoms with Crippen molar-refractivity contribution in [3.63, 3.8) is 0 Å². The summed E-state index contributed by atoms with van der Waals surface area (Å²) in [6.45, 7) is 3.16. The van der Waals surface area contributed by atoms with E-state index in [2.05, 4.69) is 15.5 Å². The number of aromatic nitrogens is 2. The van der Waals surface area contributed by atoms with Gasteiger partial charge >= 0.3 is 6.01 Å². The minimum atomic E-state index is -0.558. The molecule has 1 saturated heterocycles. The SMILES string of the molecule is CNC(C)c1nnc(N2CCOCC2C(N)=O)o1. The van der Waals surface area contributed by atoms with E-state index in [0.29, 0.717) is 25.1 Å². The molecule has 1 amide bonds. The molecular weight excluding hydrogens is 238 g/mol. The number of carbonyl (C=O) groups excluding carboxylic acids is 1. The van der Waals surface area contributed by atoms with E-state index in [1.54, 1.807) is 11.9 Å². The van der Waals surface area contributed by atoms with Crippen LogP contribution in [-0.2, 0) is 9.53 Å². The van der Waals surface area contributed by atoms with Crippen LogP contribution < -0.4 is 16.0 Å². The maximum Gasteiger partial charge on any atom is 0.319 e. The lowest BCUT2D eigenvalue weighted by Crippen LogP contribution is -2.52. The Morgan fingerprint density at radius 2 is 2.39 bits per heavy atom. The highest BCUT2D eigenvalue weighted by atomic mass is 16.5. The van der Waals surface area contributed by atoms with Crippen molar-refractivity contribution in [3.05, 3.63) is 5.89 Å². The second-order valence-corrected chi connectivity index (χ2v) is 4.12. The molecule has 2 atom stereocenters. The molecule has 0 spiro atoms. The number of nitrogens with one attached hydrogen (secondary N) is 1. The number of primary amides is 1. The summed E-state index contributed by atoms with van der Waals surface area (Å²) in [6, 6.07) is -0.296. The van der Waals surface area contributed by atoms with Crippen LogP contribution in [0.2, 0.25) is 0 Å². The molecule has 0 saturated carbocycles. The maximum absolute atomic E-state index is 11.3. The van der Waals surface area contributed by atoms with E-state index >= 15 is 0 Å². The summed E-state index contributed by atoms with van der Waals surface area (Å²) in [7, 11) is 1.80. The molecular formula is C10H17N5O3. The van der Waals surface area contributed by atoms with Crippen molar-refractivity contribution in [3.8, 4) is 0 Å². The van der Waals surface area contributed by atoms with Crippen LogP contribution in [0.3, 0.4) is 0 Å². The van der Waals surface area contributed by atoms with Crippen LogP contribution in [0, 0.1) is 0 Å². The number of hydrogen-bond donors (Lipinski definition) is 2. The van der Waals surface area contributed by atoms with Crippen molar-refractivity contribution in [2.45, 2.75) is 19.0 Å². The summed E-state index contributed by atoms with van der Waals surface area (Å²) in [5.41, 5.74) is 5.32. The third kappa shape index (κ3) is 2.44. The van der Waals surface area contributed by atoms with Gasteiger partial charge in [-0.1, -0.05) is 5.10 Å². The number of nitrogens with two attached hydrogens (primary N) is 1. The Hall–Kier alpha value is -1.67. The Bertz CT molecular complexity index is 421. The van der Waals surface area contributed by atoms with Gasteiger partial charge in [0, 0.05) is 6.54 Å². The Labute approximate surface area is 104 Å². The second kappa shape index (κ2) is 5.32.